The molecule has 0 aromatic carbocycles. The number of amides is 1. The Morgan fingerprint density at radius 3 is 1.94 bits per heavy atom. The monoisotopic (exact) mass is 487 g/mol. The Bertz CT molecular complexity index is 673. The molecule has 0 spiro atoms. The van der Waals surface area contributed by atoms with Gasteiger partial charge >= 0.3 is 29.6 Å². The van der Waals surface area contributed by atoms with Crippen molar-refractivity contribution in [2.75, 3.05) is 7.05 Å². The number of carboxylic acid groups (broad SMARTS) is 1. The minimum Gasteiger partial charge on any atom is -0.547 e. The van der Waals surface area contributed by atoms with E-state index in [0.29, 0.717) is 0 Å². The van der Waals surface area contributed by atoms with Gasteiger partial charge in [0, 0.05) is 7.05 Å². The molecule has 0 saturated carbocycles. The van der Waals surface area contributed by atoms with Crippen molar-refractivity contribution in [3.8, 4) is 0 Å². The molecule has 0 aromatic heterocycles. The van der Waals surface area contributed by atoms with E-state index in [4.69, 9.17) is 18.9 Å². The second-order valence-electron chi connectivity index (χ2n) is 9.41. The molecule has 33 heavy (non-hydrogen) atoms. The molecule has 0 bridgehead atoms. The number of hydrogen-bond acceptors (Lipinski definition) is 11. The summed E-state index contributed by atoms with van der Waals surface area (Å²) < 4.78 is 22.0. The molecule has 2 fully saturated rings. The third kappa shape index (κ3) is 6.85. The molecule has 0 aromatic rings. The van der Waals surface area contributed by atoms with E-state index in [1.807, 2.05) is 0 Å². The molecule has 186 valence electrons. The first-order valence-corrected chi connectivity index (χ1v) is 10.5. The van der Waals surface area contributed by atoms with Crippen LogP contribution in [0, 0.1) is 5.41 Å². The number of carboxylic acids is 1. The molecule has 10 atom stereocenters. The summed E-state index contributed by atoms with van der Waals surface area (Å²) in [6.07, 6.45) is -16.2. The number of ether oxygens (including phenoxy) is 4. The number of aliphatic hydroxyl groups excluding tert-OH is 4. The number of hydrogen-bond donors (Lipinski definition) is 5. The van der Waals surface area contributed by atoms with E-state index in [2.05, 4.69) is 5.32 Å². The molecule has 2 rings (SSSR count). The maximum atomic E-state index is 12.4. The third-order valence-corrected chi connectivity index (χ3v) is 5.44. The summed E-state index contributed by atoms with van der Waals surface area (Å²) in [5, 5.41) is 56.2. The number of aliphatic hydroxyl groups is 4. The van der Waals surface area contributed by atoms with Crippen LogP contribution in [0.25, 0.3) is 0 Å². The van der Waals surface area contributed by atoms with Crippen molar-refractivity contribution >= 4 is 11.9 Å². The van der Waals surface area contributed by atoms with E-state index >= 15 is 0 Å². The number of rotatable bonds is 6. The van der Waals surface area contributed by atoms with Crippen molar-refractivity contribution < 1.29 is 83.6 Å². The average Bonchev–Trinajstić information content (AvgIpc) is 2.68. The quantitative estimate of drug-likeness (QED) is 0.224. The minimum atomic E-state index is -1.81. The van der Waals surface area contributed by atoms with E-state index in [9.17, 15) is 35.1 Å². The molecule has 1 amide bonds. The Balaban J connectivity index is 0.00000544. The van der Waals surface area contributed by atoms with Crippen molar-refractivity contribution in [2.24, 2.45) is 5.41 Å². The Morgan fingerprint density at radius 2 is 1.48 bits per heavy atom. The van der Waals surface area contributed by atoms with E-state index in [1.165, 1.54) is 7.05 Å². The number of likely N-dealkylation sites (N-methyl/N-ethyl adjacent to an activating group) is 1. The van der Waals surface area contributed by atoms with Gasteiger partial charge in [-0.15, -0.1) is 0 Å². The summed E-state index contributed by atoms with van der Waals surface area (Å²) >= 11 is 0. The molecule has 2 saturated heterocycles. The van der Waals surface area contributed by atoms with Crippen molar-refractivity contribution in [2.45, 2.75) is 102 Å². The SMILES string of the molecule is CNC(=O)C1O[C@H](C(C)(C)C)[C@H](O)C(O)[C@H]1O[C@H]1OC(C(=O)[O-])[C@H](OC(C)C)C(O)[C@H]1O.[Na+]. The van der Waals surface area contributed by atoms with Gasteiger partial charge in [0.2, 0.25) is 0 Å². The zero-order chi connectivity index (χ0) is 24.5. The molecule has 13 heteroatoms. The molecule has 2 heterocycles. The summed E-state index contributed by atoms with van der Waals surface area (Å²) in [4.78, 5) is 24.0. The van der Waals surface area contributed by atoms with Gasteiger partial charge < -0.3 is 54.6 Å². The van der Waals surface area contributed by atoms with Crippen LogP contribution in [-0.2, 0) is 28.5 Å². The fourth-order valence-corrected chi connectivity index (χ4v) is 3.85. The summed E-state index contributed by atoms with van der Waals surface area (Å²) in [5.41, 5.74) is -0.657. The van der Waals surface area contributed by atoms with E-state index in [-0.39, 0.29) is 29.6 Å². The Labute approximate surface area is 214 Å². The van der Waals surface area contributed by atoms with E-state index < -0.39 is 84.6 Å². The average molecular weight is 487 g/mol. The van der Waals surface area contributed by atoms with Gasteiger partial charge in [-0.1, -0.05) is 20.8 Å². The first-order chi connectivity index (χ1) is 14.7. The Morgan fingerprint density at radius 1 is 0.939 bits per heavy atom. The Hall–Kier alpha value is -0.380. The smallest absolute Gasteiger partial charge is 0.547 e. The topological polar surface area (TPSA) is 187 Å². The summed E-state index contributed by atoms with van der Waals surface area (Å²) in [6.45, 7) is 8.45. The van der Waals surface area contributed by atoms with Crippen LogP contribution in [-0.4, -0.2) is 107 Å². The van der Waals surface area contributed by atoms with E-state index in [1.54, 1.807) is 34.6 Å². The van der Waals surface area contributed by atoms with Crippen molar-refractivity contribution in [1.29, 1.82) is 0 Å². The molecule has 5 N–H and O–H groups in total. The van der Waals surface area contributed by atoms with Gasteiger partial charge in [0.15, 0.2) is 12.4 Å². The standard InChI is InChI=1S/C20H35NO11.Na/c1-7(2)29-13-9(23)11(25)19(32-15(13)18(27)28)31-12-8(22)10(24)16(20(3,4)5)30-14(12)17(26)21-6;/h7-16,19,22-25H,1-6H3,(H,21,26)(H,27,28);/q;+1/p-1/t8?,9?,10-,11-,12-,13-,14?,15?,16+,19+;/m1./s1. The van der Waals surface area contributed by atoms with Crippen LogP contribution in [0.15, 0.2) is 0 Å². The molecule has 0 radical (unpaired) electrons. The van der Waals surface area contributed by atoms with Crippen LogP contribution < -0.4 is 40.0 Å². The molecular formula is C20H34NNaO11. The first-order valence-electron chi connectivity index (χ1n) is 10.5. The zero-order valence-corrected chi connectivity index (χ0v) is 22.0. The number of carbonyl (C=O) groups excluding carboxylic acids is 2. The molecule has 0 aliphatic carbocycles. The van der Waals surface area contributed by atoms with Crippen LogP contribution in [0.1, 0.15) is 34.6 Å². The van der Waals surface area contributed by atoms with Crippen LogP contribution in [0.2, 0.25) is 0 Å². The van der Waals surface area contributed by atoms with Crippen molar-refractivity contribution in [3.63, 3.8) is 0 Å². The number of carbonyl (C=O) groups is 2. The fraction of sp³-hybridized carbons (Fsp3) is 0.900. The number of aliphatic carboxylic acids is 1. The normalized spacial score (nSPS) is 39.6. The first kappa shape index (κ1) is 30.7. The van der Waals surface area contributed by atoms with Gasteiger partial charge in [0.25, 0.3) is 5.91 Å². The van der Waals surface area contributed by atoms with E-state index in [0.717, 1.165) is 0 Å². The third-order valence-electron chi connectivity index (χ3n) is 5.44. The van der Waals surface area contributed by atoms with Gasteiger partial charge in [-0.05, 0) is 19.3 Å². The van der Waals surface area contributed by atoms with Gasteiger partial charge in [-0.2, -0.15) is 0 Å². The maximum Gasteiger partial charge on any atom is 1.00 e. The van der Waals surface area contributed by atoms with Crippen molar-refractivity contribution in [1.82, 2.24) is 5.32 Å². The summed E-state index contributed by atoms with van der Waals surface area (Å²) in [7, 11) is 1.34. The zero-order valence-electron chi connectivity index (χ0n) is 20.0. The predicted molar refractivity (Wildman–Crippen MR) is 105 cm³/mol. The van der Waals surface area contributed by atoms with Crippen LogP contribution in [0.3, 0.4) is 0 Å². The fourth-order valence-electron chi connectivity index (χ4n) is 3.85. The van der Waals surface area contributed by atoms with Crippen LogP contribution in [0.4, 0.5) is 0 Å². The molecule has 2 aliphatic heterocycles. The minimum absolute atomic E-state index is 0. The Kier molecular flexibility index (Phi) is 11.2. The summed E-state index contributed by atoms with van der Waals surface area (Å²) in [6, 6.07) is 0. The van der Waals surface area contributed by atoms with Crippen LogP contribution >= 0.6 is 0 Å². The second-order valence-corrected chi connectivity index (χ2v) is 9.41. The van der Waals surface area contributed by atoms with Gasteiger partial charge in [0.05, 0.1) is 18.2 Å². The van der Waals surface area contributed by atoms with Gasteiger partial charge in [-0.25, -0.2) is 0 Å². The largest absolute Gasteiger partial charge is 1.00 e. The summed E-state index contributed by atoms with van der Waals surface area (Å²) in [5.74, 6) is -2.40. The maximum absolute atomic E-state index is 12.4. The van der Waals surface area contributed by atoms with Gasteiger partial charge in [-0.3, -0.25) is 4.79 Å². The predicted octanol–water partition coefficient (Wildman–Crippen LogP) is -6.35. The molecule has 12 nitrogen and oxygen atoms in total. The van der Waals surface area contributed by atoms with Crippen molar-refractivity contribution in [3.05, 3.63) is 0 Å². The second kappa shape index (κ2) is 12.0. The van der Waals surface area contributed by atoms with Gasteiger partial charge in [0.1, 0.15) is 42.7 Å². The molecule has 4 unspecified atom stereocenters. The number of nitrogens with one attached hydrogen (secondary N) is 1. The molecule has 2 aliphatic rings. The van der Waals surface area contributed by atoms with Crippen LogP contribution in [0.5, 0.6) is 0 Å². The molecular weight excluding hydrogens is 453 g/mol.